The maximum absolute atomic E-state index is 12.9. The van der Waals surface area contributed by atoms with Gasteiger partial charge in [-0.2, -0.15) is 0 Å². The van der Waals surface area contributed by atoms with Crippen molar-refractivity contribution in [2.24, 2.45) is 0 Å². The fraction of sp³-hybridized carbons (Fsp3) is 0.292. The van der Waals surface area contributed by atoms with Crippen LogP contribution in [0.25, 0.3) is 6.08 Å². The Balaban J connectivity index is 1.39. The molecule has 7 nitrogen and oxygen atoms in total. The molecule has 2 heterocycles. The lowest BCUT2D eigenvalue weighted by atomic mass is 10.1. The molecule has 0 unspecified atom stereocenters. The summed E-state index contributed by atoms with van der Waals surface area (Å²) in [6.07, 6.45) is 3.77. The molecule has 2 aromatic carbocycles. The van der Waals surface area contributed by atoms with Gasteiger partial charge in [0, 0.05) is 16.8 Å². The zero-order chi connectivity index (χ0) is 24.1. The molecule has 4 rings (SSSR count). The second-order valence-electron chi connectivity index (χ2n) is 7.68. The van der Waals surface area contributed by atoms with Gasteiger partial charge in [0.2, 0.25) is 0 Å². The first-order valence-electron chi connectivity index (χ1n) is 10.7. The molecule has 2 amide bonds. The number of thioether (sulfide) groups is 1. The molecular formula is C24H23BrN2O5S2. The zero-order valence-electron chi connectivity index (χ0n) is 18.4. The minimum Gasteiger partial charge on any atom is -0.493 e. The smallest absolute Gasteiger partial charge is 0.266 e. The van der Waals surface area contributed by atoms with Gasteiger partial charge in [0.25, 0.3) is 11.8 Å². The van der Waals surface area contributed by atoms with Crippen molar-refractivity contribution < 1.29 is 23.8 Å². The SMILES string of the molecule is COc1cc(/C=C2\SC(=S)N(C[C@@H]3CCCO3)C2=O)ccc1OCC(=O)Nc1ccc(Br)cc1. The topological polar surface area (TPSA) is 77.1 Å². The Morgan fingerprint density at radius 3 is 2.79 bits per heavy atom. The van der Waals surface area contributed by atoms with Gasteiger partial charge < -0.3 is 19.5 Å². The standard InChI is InChI=1S/C24H23BrN2O5S2/c1-30-20-11-15(12-21-23(29)27(24(33)34-21)13-18-3-2-10-31-18)4-9-19(20)32-14-22(28)26-17-7-5-16(25)6-8-17/h4-9,11-12,18H,2-3,10,13-14H2,1H3,(H,26,28)/b21-12-/t18-/m0/s1. The molecule has 0 saturated carbocycles. The number of benzene rings is 2. The van der Waals surface area contributed by atoms with E-state index in [4.69, 9.17) is 26.4 Å². The summed E-state index contributed by atoms with van der Waals surface area (Å²) in [5, 5.41) is 2.77. The van der Waals surface area contributed by atoms with Gasteiger partial charge in [-0.15, -0.1) is 0 Å². The number of anilines is 1. The Bertz CT molecular complexity index is 1120. The number of carbonyl (C=O) groups is 2. The molecule has 2 aliphatic rings. The number of rotatable bonds is 8. The molecule has 0 aliphatic carbocycles. The van der Waals surface area contributed by atoms with E-state index >= 15 is 0 Å². The van der Waals surface area contributed by atoms with Gasteiger partial charge in [0.1, 0.15) is 4.32 Å². The van der Waals surface area contributed by atoms with Gasteiger partial charge in [-0.05, 0) is 60.9 Å². The van der Waals surface area contributed by atoms with Crippen molar-refractivity contribution >= 4 is 67.8 Å². The third kappa shape index (κ3) is 6.18. The zero-order valence-corrected chi connectivity index (χ0v) is 21.6. The second kappa shape index (κ2) is 11.4. The Labute approximate surface area is 215 Å². The monoisotopic (exact) mass is 562 g/mol. The van der Waals surface area contributed by atoms with Crippen molar-refractivity contribution in [3.8, 4) is 11.5 Å². The molecule has 0 radical (unpaired) electrons. The van der Waals surface area contributed by atoms with E-state index in [1.807, 2.05) is 12.1 Å². The van der Waals surface area contributed by atoms with E-state index in [1.54, 1.807) is 41.3 Å². The maximum Gasteiger partial charge on any atom is 0.266 e. The fourth-order valence-electron chi connectivity index (χ4n) is 3.57. The van der Waals surface area contributed by atoms with Crippen LogP contribution in [0.1, 0.15) is 18.4 Å². The van der Waals surface area contributed by atoms with E-state index in [2.05, 4.69) is 21.2 Å². The minimum absolute atomic E-state index is 0.0411. The molecule has 2 saturated heterocycles. The Hall–Kier alpha value is -2.40. The van der Waals surface area contributed by atoms with E-state index < -0.39 is 0 Å². The van der Waals surface area contributed by atoms with E-state index in [1.165, 1.54) is 18.9 Å². The molecule has 2 fully saturated rings. The molecular weight excluding hydrogens is 540 g/mol. The minimum atomic E-state index is -0.289. The predicted octanol–water partition coefficient (Wildman–Crippen LogP) is 4.86. The van der Waals surface area contributed by atoms with Gasteiger partial charge in [0.15, 0.2) is 18.1 Å². The lowest BCUT2D eigenvalue weighted by molar-refractivity contribution is -0.123. The lowest BCUT2D eigenvalue weighted by Crippen LogP contribution is -2.35. The largest absolute Gasteiger partial charge is 0.493 e. The molecule has 0 spiro atoms. The van der Waals surface area contributed by atoms with E-state index in [9.17, 15) is 9.59 Å². The van der Waals surface area contributed by atoms with Crippen LogP contribution in [-0.4, -0.2) is 54.0 Å². The van der Waals surface area contributed by atoms with Gasteiger partial charge in [0.05, 0.1) is 24.7 Å². The number of halogens is 1. The Morgan fingerprint density at radius 1 is 1.29 bits per heavy atom. The highest BCUT2D eigenvalue weighted by atomic mass is 79.9. The summed E-state index contributed by atoms with van der Waals surface area (Å²) in [5.41, 5.74) is 1.44. The van der Waals surface area contributed by atoms with Crippen LogP contribution >= 0.6 is 39.9 Å². The number of hydrogen-bond acceptors (Lipinski definition) is 7. The predicted molar refractivity (Wildman–Crippen MR) is 140 cm³/mol. The van der Waals surface area contributed by atoms with Crippen LogP contribution < -0.4 is 14.8 Å². The van der Waals surface area contributed by atoms with Crippen LogP contribution in [0.15, 0.2) is 51.8 Å². The third-order valence-electron chi connectivity index (χ3n) is 5.26. The summed E-state index contributed by atoms with van der Waals surface area (Å²) < 4.78 is 18.2. The van der Waals surface area contributed by atoms with Crippen molar-refractivity contribution in [2.45, 2.75) is 18.9 Å². The van der Waals surface area contributed by atoms with Crippen LogP contribution in [-0.2, 0) is 14.3 Å². The van der Waals surface area contributed by atoms with Crippen molar-refractivity contribution in [1.82, 2.24) is 4.90 Å². The Morgan fingerprint density at radius 2 is 2.09 bits per heavy atom. The number of nitrogens with one attached hydrogen (secondary N) is 1. The number of nitrogens with zero attached hydrogens (tertiary/aromatic N) is 1. The van der Waals surface area contributed by atoms with Gasteiger partial charge >= 0.3 is 0 Å². The molecule has 178 valence electrons. The Kier molecular flexibility index (Phi) is 8.25. The van der Waals surface area contributed by atoms with Crippen LogP contribution in [0.5, 0.6) is 11.5 Å². The van der Waals surface area contributed by atoms with Crippen molar-refractivity contribution in [2.75, 3.05) is 32.2 Å². The summed E-state index contributed by atoms with van der Waals surface area (Å²) in [6.45, 7) is 1.05. The number of amides is 2. The molecule has 0 aromatic heterocycles. The van der Waals surface area contributed by atoms with E-state index in [0.29, 0.717) is 33.0 Å². The molecule has 2 aliphatic heterocycles. The van der Waals surface area contributed by atoms with Crippen LogP contribution in [0.3, 0.4) is 0 Å². The number of carbonyl (C=O) groups excluding carboxylic acids is 2. The summed E-state index contributed by atoms with van der Waals surface area (Å²) in [7, 11) is 1.52. The average Bonchev–Trinajstić information content (AvgIpc) is 3.44. The fourth-order valence-corrected chi connectivity index (χ4v) is 5.11. The summed E-state index contributed by atoms with van der Waals surface area (Å²) in [5.74, 6) is 0.481. The third-order valence-corrected chi connectivity index (χ3v) is 7.16. The van der Waals surface area contributed by atoms with E-state index in [-0.39, 0.29) is 24.5 Å². The highest BCUT2D eigenvalue weighted by molar-refractivity contribution is 9.10. The highest BCUT2D eigenvalue weighted by Crippen LogP contribution is 2.35. The number of ether oxygens (including phenoxy) is 3. The quantitative estimate of drug-likeness (QED) is 0.363. The van der Waals surface area contributed by atoms with E-state index in [0.717, 1.165) is 29.5 Å². The molecule has 34 heavy (non-hydrogen) atoms. The summed E-state index contributed by atoms with van der Waals surface area (Å²) >= 11 is 10.1. The summed E-state index contributed by atoms with van der Waals surface area (Å²) in [6, 6.07) is 12.5. The average molecular weight is 563 g/mol. The highest BCUT2D eigenvalue weighted by Gasteiger charge is 2.34. The van der Waals surface area contributed by atoms with Gasteiger partial charge in [-0.25, -0.2) is 0 Å². The van der Waals surface area contributed by atoms with Crippen LogP contribution in [0.4, 0.5) is 5.69 Å². The molecule has 0 bridgehead atoms. The van der Waals surface area contributed by atoms with Crippen molar-refractivity contribution in [3.63, 3.8) is 0 Å². The second-order valence-corrected chi connectivity index (χ2v) is 10.3. The molecule has 2 aromatic rings. The number of hydrogen-bond donors (Lipinski definition) is 1. The normalized spacial score (nSPS) is 19.1. The first-order chi connectivity index (χ1) is 16.4. The molecule has 1 N–H and O–H groups in total. The number of methoxy groups -OCH3 is 1. The van der Waals surface area contributed by atoms with Gasteiger partial charge in [-0.1, -0.05) is 46.0 Å². The molecule has 10 heteroatoms. The van der Waals surface area contributed by atoms with Gasteiger partial charge in [-0.3, -0.25) is 14.5 Å². The summed E-state index contributed by atoms with van der Waals surface area (Å²) in [4.78, 5) is 27.3. The van der Waals surface area contributed by atoms with Crippen LogP contribution in [0, 0.1) is 0 Å². The maximum atomic E-state index is 12.9. The number of thiocarbonyl (C=S) groups is 1. The van der Waals surface area contributed by atoms with Crippen molar-refractivity contribution in [1.29, 1.82) is 0 Å². The lowest BCUT2D eigenvalue weighted by Gasteiger charge is -2.18. The first-order valence-corrected chi connectivity index (χ1v) is 12.7. The molecule has 1 atom stereocenters. The van der Waals surface area contributed by atoms with Crippen molar-refractivity contribution in [3.05, 3.63) is 57.4 Å². The van der Waals surface area contributed by atoms with Crippen LogP contribution in [0.2, 0.25) is 0 Å². The first kappa shape index (κ1) is 24.7.